The van der Waals surface area contributed by atoms with Crippen molar-refractivity contribution >= 4 is 0 Å². The molecule has 3 unspecified atom stereocenters. The fraction of sp³-hybridized carbons (Fsp3) is 0.533. The van der Waals surface area contributed by atoms with Crippen molar-refractivity contribution in [3.8, 4) is 11.8 Å². The molecule has 0 amide bonds. The van der Waals surface area contributed by atoms with E-state index in [1.54, 1.807) is 12.1 Å². The average Bonchev–Trinajstić information content (AvgIpc) is 2.38. The monoisotopic (exact) mass is 247 g/mol. The summed E-state index contributed by atoms with van der Waals surface area (Å²) in [5.41, 5.74) is 0. The van der Waals surface area contributed by atoms with Crippen LogP contribution < -0.4 is 4.74 Å². The summed E-state index contributed by atoms with van der Waals surface area (Å²) in [5, 5.41) is 9.15. The zero-order chi connectivity index (χ0) is 13.0. The van der Waals surface area contributed by atoms with E-state index in [-0.39, 0.29) is 17.8 Å². The van der Waals surface area contributed by atoms with Crippen LogP contribution >= 0.6 is 0 Å². The van der Waals surface area contributed by atoms with Gasteiger partial charge in [0.25, 0.3) is 0 Å². The molecule has 0 N–H and O–H groups in total. The molecule has 0 saturated heterocycles. The molecule has 1 aromatic rings. The van der Waals surface area contributed by atoms with Crippen LogP contribution in [0.1, 0.15) is 32.6 Å². The van der Waals surface area contributed by atoms with E-state index >= 15 is 0 Å². The summed E-state index contributed by atoms with van der Waals surface area (Å²) < 4.78 is 18.9. The normalized spacial score (nSPS) is 27.5. The van der Waals surface area contributed by atoms with Crippen LogP contribution in [0.3, 0.4) is 0 Å². The summed E-state index contributed by atoms with van der Waals surface area (Å²) >= 11 is 0. The highest BCUT2D eigenvalue weighted by Crippen LogP contribution is 2.33. The van der Waals surface area contributed by atoms with Crippen molar-refractivity contribution in [1.29, 1.82) is 5.26 Å². The maximum absolute atomic E-state index is 13.1. The predicted octanol–water partition coefficient (Wildman–Crippen LogP) is 3.92. The number of benzene rings is 1. The van der Waals surface area contributed by atoms with Crippen molar-refractivity contribution < 1.29 is 9.13 Å². The molecule has 2 nitrogen and oxygen atoms in total. The lowest BCUT2D eigenvalue weighted by Crippen LogP contribution is -2.33. The molecule has 1 saturated carbocycles. The second kappa shape index (κ2) is 5.86. The van der Waals surface area contributed by atoms with Gasteiger partial charge in [0.2, 0.25) is 0 Å². The van der Waals surface area contributed by atoms with E-state index in [1.807, 2.05) is 0 Å². The van der Waals surface area contributed by atoms with Crippen molar-refractivity contribution in [2.24, 2.45) is 11.8 Å². The van der Waals surface area contributed by atoms with Crippen molar-refractivity contribution in [3.05, 3.63) is 30.1 Å². The molecule has 0 radical (unpaired) electrons. The van der Waals surface area contributed by atoms with Gasteiger partial charge in [-0.1, -0.05) is 19.4 Å². The third-order valence-corrected chi connectivity index (χ3v) is 3.73. The Hall–Kier alpha value is -1.56. The molecule has 0 bridgehead atoms. The van der Waals surface area contributed by atoms with Crippen LogP contribution in [-0.2, 0) is 0 Å². The Balaban J connectivity index is 2.07. The Morgan fingerprint density at radius 1 is 1.44 bits per heavy atom. The Morgan fingerprint density at radius 2 is 2.28 bits per heavy atom. The van der Waals surface area contributed by atoms with E-state index in [2.05, 4.69) is 13.0 Å². The fourth-order valence-corrected chi connectivity index (χ4v) is 2.58. The summed E-state index contributed by atoms with van der Waals surface area (Å²) in [4.78, 5) is 0. The zero-order valence-corrected chi connectivity index (χ0v) is 10.6. The lowest BCUT2D eigenvalue weighted by atomic mass is 9.79. The van der Waals surface area contributed by atoms with Crippen LogP contribution in [0.15, 0.2) is 24.3 Å². The van der Waals surface area contributed by atoms with Crippen LogP contribution in [0.5, 0.6) is 5.75 Å². The molecule has 1 aliphatic rings. The minimum atomic E-state index is -0.302. The number of hydrogen-bond donors (Lipinski definition) is 0. The second-order valence-electron chi connectivity index (χ2n) is 4.94. The highest BCUT2D eigenvalue weighted by Gasteiger charge is 2.31. The predicted molar refractivity (Wildman–Crippen MR) is 67.6 cm³/mol. The Kier molecular flexibility index (Phi) is 4.19. The Morgan fingerprint density at radius 3 is 2.94 bits per heavy atom. The third kappa shape index (κ3) is 3.01. The van der Waals surface area contributed by atoms with E-state index in [1.165, 1.54) is 12.1 Å². The molecule has 0 spiro atoms. The molecule has 2 rings (SSSR count). The summed E-state index contributed by atoms with van der Waals surface area (Å²) in [6.45, 7) is 2.16. The molecular formula is C15H18FNO. The first-order chi connectivity index (χ1) is 8.72. The number of nitrogens with zero attached hydrogens (tertiary/aromatic N) is 1. The molecular weight excluding hydrogens is 229 g/mol. The van der Waals surface area contributed by atoms with Crippen molar-refractivity contribution in [2.75, 3.05) is 0 Å². The lowest BCUT2D eigenvalue weighted by molar-refractivity contribution is 0.0890. The minimum Gasteiger partial charge on any atom is -0.489 e. The van der Waals surface area contributed by atoms with Crippen LogP contribution in [0.2, 0.25) is 0 Å². The zero-order valence-electron chi connectivity index (χ0n) is 10.6. The van der Waals surface area contributed by atoms with E-state index < -0.39 is 0 Å². The quantitative estimate of drug-likeness (QED) is 0.811. The van der Waals surface area contributed by atoms with Crippen LogP contribution in [0.4, 0.5) is 4.39 Å². The smallest absolute Gasteiger partial charge is 0.126 e. The van der Waals surface area contributed by atoms with Gasteiger partial charge in [-0.3, -0.25) is 0 Å². The first kappa shape index (κ1) is 12.9. The highest BCUT2D eigenvalue weighted by molar-refractivity contribution is 5.23. The molecule has 0 aliphatic heterocycles. The van der Waals surface area contributed by atoms with Gasteiger partial charge in [-0.2, -0.15) is 5.26 Å². The number of rotatable bonds is 3. The van der Waals surface area contributed by atoms with E-state index in [9.17, 15) is 4.39 Å². The van der Waals surface area contributed by atoms with E-state index in [0.717, 1.165) is 25.7 Å². The summed E-state index contributed by atoms with van der Waals surface area (Å²) in [7, 11) is 0. The summed E-state index contributed by atoms with van der Waals surface area (Å²) in [6, 6.07) is 8.46. The number of hydrogen-bond acceptors (Lipinski definition) is 2. The fourth-order valence-electron chi connectivity index (χ4n) is 2.58. The first-order valence-electron chi connectivity index (χ1n) is 6.54. The second-order valence-corrected chi connectivity index (χ2v) is 4.94. The van der Waals surface area contributed by atoms with Crippen molar-refractivity contribution in [1.82, 2.24) is 0 Å². The average molecular weight is 247 g/mol. The summed E-state index contributed by atoms with van der Waals surface area (Å²) in [5.74, 6) is 0.769. The molecule has 3 heteroatoms. The minimum absolute atomic E-state index is 0.0731. The number of ether oxygens (including phenoxy) is 1. The Bertz CT molecular complexity index is 440. The van der Waals surface area contributed by atoms with Gasteiger partial charge < -0.3 is 4.74 Å². The molecule has 0 heterocycles. The largest absolute Gasteiger partial charge is 0.489 e. The van der Waals surface area contributed by atoms with Gasteiger partial charge in [0.05, 0.1) is 12.0 Å². The number of halogens is 1. The lowest BCUT2D eigenvalue weighted by Gasteiger charge is -2.32. The molecule has 18 heavy (non-hydrogen) atoms. The van der Waals surface area contributed by atoms with Gasteiger partial charge in [-0.05, 0) is 37.3 Å². The van der Waals surface area contributed by atoms with Crippen molar-refractivity contribution in [2.45, 2.75) is 38.7 Å². The number of nitriles is 1. The molecule has 3 atom stereocenters. The van der Waals surface area contributed by atoms with Crippen molar-refractivity contribution in [3.63, 3.8) is 0 Å². The van der Waals surface area contributed by atoms with Gasteiger partial charge >= 0.3 is 0 Å². The standard InChI is InChI=1S/C15H18FNO/c1-2-11-6-7-12(10-17)15(8-11)18-14-5-3-4-13(16)9-14/h3-5,9,11-12,15H,2,6-8H2,1H3. The molecule has 0 aromatic heterocycles. The SMILES string of the molecule is CCC1CCC(C#N)C(Oc2cccc(F)c2)C1. The van der Waals surface area contributed by atoms with E-state index in [4.69, 9.17) is 10.00 Å². The van der Waals surface area contributed by atoms with E-state index in [0.29, 0.717) is 11.7 Å². The topological polar surface area (TPSA) is 33.0 Å². The van der Waals surface area contributed by atoms with Gasteiger partial charge in [0, 0.05) is 6.07 Å². The molecule has 1 aromatic carbocycles. The maximum atomic E-state index is 13.1. The van der Waals surface area contributed by atoms with Gasteiger partial charge in [0.1, 0.15) is 17.7 Å². The van der Waals surface area contributed by atoms with Crippen LogP contribution in [-0.4, -0.2) is 6.10 Å². The van der Waals surface area contributed by atoms with Gasteiger partial charge in [-0.25, -0.2) is 4.39 Å². The summed E-state index contributed by atoms with van der Waals surface area (Å²) in [6.07, 6.45) is 3.88. The maximum Gasteiger partial charge on any atom is 0.126 e. The van der Waals surface area contributed by atoms with Gasteiger partial charge in [-0.15, -0.1) is 0 Å². The molecule has 1 aliphatic carbocycles. The van der Waals surface area contributed by atoms with Crippen LogP contribution in [0.25, 0.3) is 0 Å². The third-order valence-electron chi connectivity index (χ3n) is 3.73. The van der Waals surface area contributed by atoms with Crippen LogP contribution in [0, 0.1) is 29.0 Å². The highest BCUT2D eigenvalue weighted by atomic mass is 19.1. The van der Waals surface area contributed by atoms with Gasteiger partial charge in [0.15, 0.2) is 0 Å². The molecule has 1 fully saturated rings. The molecule has 96 valence electrons. The Labute approximate surface area is 107 Å². The first-order valence-corrected chi connectivity index (χ1v) is 6.54.